The van der Waals surface area contributed by atoms with Crippen LogP contribution in [-0.4, -0.2) is 52.9 Å². The highest BCUT2D eigenvalue weighted by Gasteiger charge is 2.26. The first kappa shape index (κ1) is 47.2. The van der Waals surface area contributed by atoms with Gasteiger partial charge < -0.3 is 37.9 Å². The lowest BCUT2D eigenvalue weighted by molar-refractivity contribution is -0.0461. The predicted octanol–water partition coefficient (Wildman–Crippen LogP) is 14.0. The third-order valence-electron chi connectivity index (χ3n) is 10.9. The minimum atomic E-state index is -0.451. The topological polar surface area (TPSA) is 73.8 Å². The summed E-state index contributed by atoms with van der Waals surface area (Å²) in [6.07, 6.45) is 25.9. The van der Waals surface area contributed by atoms with Crippen LogP contribution < -0.4 is 18.9 Å². The molecule has 2 saturated heterocycles. The molecule has 0 spiro atoms. The Morgan fingerprint density at radius 3 is 1.03 bits per heavy atom. The van der Waals surface area contributed by atoms with Gasteiger partial charge in [-0.3, -0.25) is 0 Å². The quantitative estimate of drug-likeness (QED) is 0.0486. The second kappa shape index (κ2) is 27.9. The first-order chi connectivity index (χ1) is 29.6. The summed E-state index contributed by atoms with van der Waals surface area (Å²) in [5.41, 5.74) is 5.91. The van der Waals surface area contributed by atoms with Crippen LogP contribution in [0.4, 0.5) is 0 Å². The molecular weight excluding hydrogens is 753 g/mol. The van der Waals surface area contributed by atoms with Gasteiger partial charge in [-0.2, -0.15) is 0 Å². The van der Waals surface area contributed by atoms with Crippen LogP contribution in [-0.2, 0) is 18.9 Å². The average Bonchev–Trinajstić information content (AvgIpc) is 4.02. The van der Waals surface area contributed by atoms with Crippen molar-refractivity contribution in [2.75, 3.05) is 52.9 Å². The van der Waals surface area contributed by atoms with E-state index in [1.165, 1.54) is 51.4 Å². The largest absolute Gasteiger partial charge is 0.493 e. The van der Waals surface area contributed by atoms with E-state index in [9.17, 15) is 0 Å². The Labute approximate surface area is 361 Å². The standard InChI is InChI=1S/C52H74O8/c1-5-9-13-17-29-53-47-39-45(51-57-33-34-58-51)49(55-31-19-15-11-7-3)37-43(47)27-25-41-21-23-42(24-22-41)26-28-44-38-50(56-32-20-16-12-8-4)46(52-59-35-36-60-52)40-48(44)54-30-18-14-10-6-2/h21-28,37-40,51-52H,5-20,29-36H2,1-4H3/b27-25+,28-26+. The van der Waals surface area contributed by atoms with Crippen LogP contribution in [0.1, 0.15) is 176 Å². The number of ether oxygens (including phenoxy) is 8. The minimum Gasteiger partial charge on any atom is -0.493 e. The van der Waals surface area contributed by atoms with Crippen molar-refractivity contribution >= 4 is 24.3 Å². The van der Waals surface area contributed by atoms with E-state index in [-0.39, 0.29) is 0 Å². The molecule has 8 nitrogen and oxygen atoms in total. The number of rotatable bonds is 30. The molecule has 0 unspecified atom stereocenters. The molecule has 330 valence electrons. The second-order valence-corrected chi connectivity index (χ2v) is 16.0. The Hall–Kier alpha value is -3.82. The van der Waals surface area contributed by atoms with Gasteiger partial charge in [0.15, 0.2) is 12.6 Å². The number of hydrogen-bond donors (Lipinski definition) is 0. The van der Waals surface area contributed by atoms with Gasteiger partial charge in [0.05, 0.1) is 64.0 Å². The summed E-state index contributed by atoms with van der Waals surface area (Å²) in [5, 5.41) is 0. The van der Waals surface area contributed by atoms with Gasteiger partial charge >= 0.3 is 0 Å². The molecule has 0 radical (unpaired) electrons. The highest BCUT2D eigenvalue weighted by atomic mass is 16.7. The average molecular weight is 827 g/mol. The maximum atomic E-state index is 6.45. The molecule has 3 aromatic rings. The zero-order chi connectivity index (χ0) is 42.0. The fraction of sp³-hybridized carbons (Fsp3) is 0.577. The summed E-state index contributed by atoms with van der Waals surface area (Å²) in [5.74, 6) is 3.23. The van der Waals surface area contributed by atoms with E-state index in [0.717, 1.165) is 108 Å². The summed E-state index contributed by atoms with van der Waals surface area (Å²) in [4.78, 5) is 0. The van der Waals surface area contributed by atoms with E-state index in [1.54, 1.807) is 0 Å². The molecule has 5 rings (SSSR count). The summed E-state index contributed by atoms with van der Waals surface area (Å²) in [6, 6.07) is 16.9. The van der Waals surface area contributed by atoms with Crippen molar-refractivity contribution in [3.63, 3.8) is 0 Å². The van der Waals surface area contributed by atoms with E-state index in [2.05, 4.69) is 101 Å². The first-order valence-corrected chi connectivity index (χ1v) is 23.4. The molecule has 2 fully saturated rings. The highest BCUT2D eigenvalue weighted by Crippen LogP contribution is 2.39. The smallest absolute Gasteiger partial charge is 0.187 e. The molecule has 8 heteroatoms. The van der Waals surface area contributed by atoms with Crippen molar-refractivity contribution in [3.8, 4) is 23.0 Å². The third kappa shape index (κ3) is 15.9. The minimum absolute atomic E-state index is 0.451. The molecule has 2 aliphatic rings. The zero-order valence-electron chi connectivity index (χ0n) is 37.3. The van der Waals surface area contributed by atoms with Gasteiger partial charge in [-0.25, -0.2) is 0 Å². The van der Waals surface area contributed by atoms with Crippen molar-refractivity contribution in [2.45, 2.75) is 143 Å². The van der Waals surface area contributed by atoms with E-state index < -0.39 is 12.6 Å². The first-order valence-electron chi connectivity index (χ1n) is 23.4. The van der Waals surface area contributed by atoms with Crippen LogP contribution in [0.25, 0.3) is 24.3 Å². The van der Waals surface area contributed by atoms with Crippen LogP contribution in [0.2, 0.25) is 0 Å². The Balaban J connectivity index is 1.36. The maximum Gasteiger partial charge on any atom is 0.187 e. The predicted molar refractivity (Wildman–Crippen MR) is 245 cm³/mol. The Kier molecular flexibility index (Phi) is 22.0. The third-order valence-corrected chi connectivity index (χ3v) is 10.9. The summed E-state index contributed by atoms with van der Waals surface area (Å²) in [7, 11) is 0. The number of hydrogen-bond acceptors (Lipinski definition) is 8. The van der Waals surface area contributed by atoms with Gasteiger partial charge in [0.2, 0.25) is 0 Å². The van der Waals surface area contributed by atoms with Crippen molar-refractivity contribution in [1.29, 1.82) is 0 Å². The van der Waals surface area contributed by atoms with Crippen molar-refractivity contribution in [1.82, 2.24) is 0 Å². The van der Waals surface area contributed by atoms with Crippen LogP contribution in [0.5, 0.6) is 23.0 Å². The van der Waals surface area contributed by atoms with Crippen LogP contribution in [0, 0.1) is 0 Å². The number of benzene rings is 3. The van der Waals surface area contributed by atoms with Gasteiger partial charge in [0, 0.05) is 11.1 Å². The van der Waals surface area contributed by atoms with Gasteiger partial charge in [-0.15, -0.1) is 0 Å². The van der Waals surface area contributed by atoms with Crippen molar-refractivity contribution < 1.29 is 37.9 Å². The van der Waals surface area contributed by atoms with Crippen LogP contribution >= 0.6 is 0 Å². The van der Waals surface area contributed by atoms with Crippen LogP contribution in [0.3, 0.4) is 0 Å². The monoisotopic (exact) mass is 827 g/mol. The molecule has 60 heavy (non-hydrogen) atoms. The van der Waals surface area contributed by atoms with E-state index >= 15 is 0 Å². The second-order valence-electron chi connectivity index (χ2n) is 16.0. The molecule has 0 amide bonds. The molecule has 0 atom stereocenters. The Morgan fingerprint density at radius 2 is 0.717 bits per heavy atom. The Morgan fingerprint density at radius 1 is 0.400 bits per heavy atom. The molecule has 3 aromatic carbocycles. The zero-order valence-corrected chi connectivity index (χ0v) is 37.3. The van der Waals surface area contributed by atoms with Crippen molar-refractivity contribution in [3.05, 3.63) is 81.9 Å². The lowest BCUT2D eigenvalue weighted by Crippen LogP contribution is -2.07. The molecular formula is C52H74O8. The molecule has 2 aliphatic heterocycles. The molecule has 0 aliphatic carbocycles. The van der Waals surface area contributed by atoms with Gasteiger partial charge in [0.25, 0.3) is 0 Å². The summed E-state index contributed by atoms with van der Waals surface area (Å²) < 4.78 is 49.6. The number of unbranched alkanes of at least 4 members (excludes halogenated alkanes) is 12. The molecule has 0 saturated carbocycles. The molecule has 2 heterocycles. The summed E-state index contributed by atoms with van der Waals surface area (Å²) >= 11 is 0. The highest BCUT2D eigenvalue weighted by molar-refractivity contribution is 5.77. The summed E-state index contributed by atoms with van der Waals surface area (Å²) in [6.45, 7) is 13.8. The van der Waals surface area contributed by atoms with Crippen LogP contribution in [0.15, 0.2) is 48.5 Å². The van der Waals surface area contributed by atoms with Crippen molar-refractivity contribution in [2.24, 2.45) is 0 Å². The van der Waals surface area contributed by atoms with E-state index in [0.29, 0.717) is 52.9 Å². The lowest BCUT2D eigenvalue weighted by Gasteiger charge is -2.19. The van der Waals surface area contributed by atoms with E-state index in [1.807, 2.05) is 0 Å². The fourth-order valence-electron chi connectivity index (χ4n) is 7.32. The van der Waals surface area contributed by atoms with Gasteiger partial charge in [-0.05, 0) is 61.1 Å². The SMILES string of the molecule is CCCCCCOc1cc(C2OCCO2)c(OCCCCCC)cc1/C=C/c1ccc(/C=C/c2cc(OCCCCCC)c(C3OCCO3)cc2OCCCCCC)cc1. The molecule has 0 aromatic heterocycles. The molecule has 0 bridgehead atoms. The van der Waals surface area contributed by atoms with Gasteiger partial charge in [-0.1, -0.05) is 153 Å². The van der Waals surface area contributed by atoms with Gasteiger partial charge in [0.1, 0.15) is 23.0 Å². The molecule has 0 N–H and O–H groups in total. The maximum absolute atomic E-state index is 6.45. The normalized spacial score (nSPS) is 14.9. The lowest BCUT2D eigenvalue weighted by atomic mass is 10.0. The Bertz CT molecular complexity index is 1560. The fourth-order valence-corrected chi connectivity index (χ4v) is 7.32. The van der Waals surface area contributed by atoms with E-state index in [4.69, 9.17) is 37.9 Å².